The second-order valence-corrected chi connectivity index (χ2v) is 14.5. The number of carboxylic acid groups (broad SMARTS) is 1. The monoisotopic (exact) mass is 679 g/mol. The number of nitrogens with zero attached hydrogens (tertiary/aromatic N) is 1. The van der Waals surface area contributed by atoms with E-state index < -0.39 is 17.8 Å². The van der Waals surface area contributed by atoms with Gasteiger partial charge < -0.3 is 30.0 Å². The van der Waals surface area contributed by atoms with Crippen LogP contribution in [0.1, 0.15) is 42.5 Å². The predicted molar refractivity (Wildman–Crippen MR) is 172 cm³/mol. The average molecular weight is 680 g/mol. The molecule has 14 heteroatoms. The Hall–Kier alpha value is -4.30. The van der Waals surface area contributed by atoms with Gasteiger partial charge in [-0.05, 0) is 79.5 Å². The summed E-state index contributed by atoms with van der Waals surface area (Å²) in [7, 11) is 0. The minimum Gasteiger partial charge on any atom is -0.508 e. The van der Waals surface area contributed by atoms with Crippen molar-refractivity contribution in [2.75, 3.05) is 25.1 Å². The van der Waals surface area contributed by atoms with Crippen LogP contribution < -0.4 is 19.7 Å². The molecular formula is C33H33N3O9S2. The van der Waals surface area contributed by atoms with Gasteiger partial charge in [0.2, 0.25) is 11.8 Å². The molecule has 7 rings (SSSR count). The summed E-state index contributed by atoms with van der Waals surface area (Å²) in [6, 6.07) is 11.6. The summed E-state index contributed by atoms with van der Waals surface area (Å²) in [5, 5.41) is 22.1. The van der Waals surface area contributed by atoms with E-state index in [0.717, 1.165) is 33.2 Å². The Morgan fingerprint density at radius 1 is 1.02 bits per heavy atom. The fraction of sp³-hybridized carbons (Fsp3) is 0.424. The molecule has 4 N–H and O–H groups in total. The Labute approximate surface area is 277 Å². The first kappa shape index (κ1) is 31.3. The molecule has 47 heavy (non-hydrogen) atoms. The number of aromatic amines is 1. The van der Waals surface area contributed by atoms with Gasteiger partial charge in [0.15, 0.2) is 18.1 Å². The number of phenolic OH excluding ortho intramolecular Hbond substituents is 1. The van der Waals surface area contributed by atoms with E-state index in [0.29, 0.717) is 23.8 Å². The lowest BCUT2D eigenvalue weighted by molar-refractivity contribution is -0.142. The Kier molecular flexibility index (Phi) is 8.25. The van der Waals surface area contributed by atoms with E-state index in [9.17, 15) is 29.1 Å². The molecule has 2 bridgehead atoms. The highest BCUT2D eigenvalue weighted by molar-refractivity contribution is 8.00. The van der Waals surface area contributed by atoms with E-state index in [1.165, 1.54) is 17.0 Å². The highest BCUT2D eigenvalue weighted by Crippen LogP contribution is 2.68. The van der Waals surface area contributed by atoms with Gasteiger partial charge in [0.05, 0.1) is 23.5 Å². The number of hydrogen-bond donors (Lipinski definition) is 4. The molecule has 1 aromatic heterocycles. The molecule has 1 saturated heterocycles. The number of aliphatic carboxylic acids is 1. The van der Waals surface area contributed by atoms with Gasteiger partial charge in [0, 0.05) is 34.7 Å². The van der Waals surface area contributed by atoms with Crippen molar-refractivity contribution in [2.45, 2.75) is 42.4 Å². The number of aromatic nitrogens is 1. The van der Waals surface area contributed by atoms with E-state index in [1.54, 1.807) is 30.0 Å². The van der Waals surface area contributed by atoms with Crippen molar-refractivity contribution in [1.82, 2.24) is 9.88 Å². The van der Waals surface area contributed by atoms with E-state index in [4.69, 9.17) is 14.6 Å². The largest absolute Gasteiger partial charge is 0.508 e. The maximum absolute atomic E-state index is 13.7. The van der Waals surface area contributed by atoms with E-state index in [-0.39, 0.29) is 83.3 Å². The van der Waals surface area contributed by atoms with Crippen LogP contribution in [0.5, 0.6) is 17.2 Å². The highest BCUT2D eigenvalue weighted by Gasteiger charge is 2.69. The first-order valence-electron chi connectivity index (χ1n) is 15.6. The Balaban J connectivity index is 1.16. The number of aromatic hydroxyl groups is 1. The molecule has 2 aliphatic heterocycles. The summed E-state index contributed by atoms with van der Waals surface area (Å²) in [5.74, 6) is -2.10. The molecule has 3 fully saturated rings. The molecule has 7 atom stereocenters. The van der Waals surface area contributed by atoms with Crippen molar-refractivity contribution < 1.29 is 38.9 Å². The molecule has 3 heterocycles. The van der Waals surface area contributed by atoms with Crippen LogP contribution in [0.2, 0.25) is 0 Å². The molecule has 6 unspecified atom stereocenters. The topological polar surface area (TPSA) is 175 Å². The molecule has 2 aliphatic carbocycles. The molecule has 3 amide bonds. The third kappa shape index (κ3) is 5.56. The first-order chi connectivity index (χ1) is 22.6. The van der Waals surface area contributed by atoms with Crippen molar-refractivity contribution in [3.63, 3.8) is 0 Å². The van der Waals surface area contributed by atoms with Gasteiger partial charge in [-0.15, -0.1) is 11.8 Å². The van der Waals surface area contributed by atoms with Gasteiger partial charge in [-0.1, -0.05) is 17.4 Å². The van der Waals surface area contributed by atoms with Crippen LogP contribution in [0, 0.1) is 29.6 Å². The second-order valence-electron chi connectivity index (χ2n) is 12.3. The maximum atomic E-state index is 13.7. The molecule has 3 aromatic rings. The molecule has 0 radical (unpaired) electrons. The normalized spacial score (nSPS) is 26.9. The van der Waals surface area contributed by atoms with Crippen molar-refractivity contribution in [3.8, 4) is 17.2 Å². The minimum absolute atomic E-state index is 0.00906. The van der Waals surface area contributed by atoms with Gasteiger partial charge in [-0.2, -0.15) is 0 Å². The van der Waals surface area contributed by atoms with Gasteiger partial charge in [-0.3, -0.25) is 28.9 Å². The smallest absolute Gasteiger partial charge is 0.305 e. The average Bonchev–Trinajstić information content (AvgIpc) is 3.77. The molecule has 12 nitrogen and oxygen atoms in total. The number of rotatable bonds is 11. The van der Waals surface area contributed by atoms with Crippen molar-refractivity contribution in [1.29, 1.82) is 0 Å². The number of thiazole rings is 1. The SMILES string of the molecule is CCOc1cc([C@H]2c3sc(=O)[nH]c3SC3C4CC(C5C(=O)N(CCCC(=O)O)C(=O)C45)C32)ccc1OCC(=O)Nc1ccc(O)cc1. The van der Waals surface area contributed by atoms with Crippen LogP contribution in [0.3, 0.4) is 0 Å². The van der Waals surface area contributed by atoms with Gasteiger partial charge in [-0.25, -0.2) is 0 Å². The number of thioether (sulfide) groups is 1. The van der Waals surface area contributed by atoms with Crippen molar-refractivity contribution in [3.05, 3.63) is 62.6 Å². The fourth-order valence-corrected chi connectivity index (χ4v) is 10.9. The lowest BCUT2D eigenvalue weighted by atomic mass is 9.68. The minimum atomic E-state index is -0.963. The number of H-pyrrole nitrogens is 1. The zero-order valence-corrected chi connectivity index (χ0v) is 27.0. The second kappa shape index (κ2) is 12.4. The summed E-state index contributed by atoms with van der Waals surface area (Å²) < 4.78 is 11.8. The predicted octanol–water partition coefficient (Wildman–Crippen LogP) is 3.90. The zero-order valence-electron chi connectivity index (χ0n) is 25.3. The number of imide groups is 1. The molecule has 2 saturated carbocycles. The zero-order chi connectivity index (χ0) is 33.0. The molecule has 0 spiro atoms. The number of ether oxygens (including phenoxy) is 2. The van der Waals surface area contributed by atoms with Crippen LogP contribution in [0.4, 0.5) is 5.69 Å². The number of hydrogen-bond acceptors (Lipinski definition) is 10. The summed E-state index contributed by atoms with van der Waals surface area (Å²) >= 11 is 2.76. The first-order valence-corrected chi connectivity index (χ1v) is 17.3. The highest BCUT2D eigenvalue weighted by atomic mass is 32.2. The molecule has 4 aliphatic rings. The van der Waals surface area contributed by atoms with E-state index in [2.05, 4.69) is 10.3 Å². The standard InChI is InChI=1S/C33H33N3O9S2/c1-2-44-21-12-15(5-10-20(21)45-14-22(38)34-16-6-8-17(37)9-7-16)24-25-18-13-19(28(25)46-30-29(24)47-33(43)35-30)27-26(18)31(41)36(32(27)42)11-3-4-23(39)40/h5-10,12,18-19,24-28,37H,2-4,11,13-14H2,1H3,(H,34,38)(H,35,43)(H,39,40)/t18?,19?,24-,25?,26?,27?,28?/m1/s1. The van der Waals surface area contributed by atoms with Crippen LogP contribution in [-0.2, 0) is 19.2 Å². The number of phenols is 1. The van der Waals surface area contributed by atoms with Crippen molar-refractivity contribution in [2.24, 2.45) is 29.6 Å². The summed E-state index contributed by atoms with van der Waals surface area (Å²) in [5.41, 5.74) is 1.40. The van der Waals surface area contributed by atoms with Crippen LogP contribution in [0.25, 0.3) is 0 Å². The number of carbonyl (C=O) groups is 4. The Morgan fingerprint density at radius 2 is 1.77 bits per heavy atom. The number of fused-ring (bicyclic) bond motifs is 9. The summed E-state index contributed by atoms with van der Waals surface area (Å²) in [6.07, 6.45) is 0.849. The molecule has 2 aromatic carbocycles. The number of carbonyl (C=O) groups excluding carboxylic acids is 3. The van der Waals surface area contributed by atoms with E-state index in [1.807, 2.05) is 19.1 Å². The Bertz CT molecular complexity index is 1800. The summed E-state index contributed by atoms with van der Waals surface area (Å²) in [4.78, 5) is 68.5. The van der Waals surface area contributed by atoms with Gasteiger partial charge in [0.1, 0.15) is 5.75 Å². The quantitative estimate of drug-likeness (QED) is 0.172. The van der Waals surface area contributed by atoms with Crippen LogP contribution >= 0.6 is 23.1 Å². The van der Waals surface area contributed by atoms with Crippen LogP contribution in [-0.4, -0.2) is 68.8 Å². The maximum Gasteiger partial charge on any atom is 0.305 e. The van der Waals surface area contributed by atoms with Crippen LogP contribution in [0.15, 0.2) is 52.3 Å². The fourth-order valence-electron chi connectivity index (χ4n) is 8.05. The Morgan fingerprint density at radius 3 is 2.49 bits per heavy atom. The van der Waals surface area contributed by atoms with Gasteiger partial charge >= 0.3 is 10.8 Å². The summed E-state index contributed by atoms with van der Waals surface area (Å²) in [6.45, 7) is 2.02. The molecule has 246 valence electrons. The lowest BCUT2D eigenvalue weighted by Crippen LogP contribution is -2.42. The van der Waals surface area contributed by atoms with Gasteiger partial charge in [0.25, 0.3) is 5.91 Å². The number of nitrogens with one attached hydrogen (secondary N) is 2. The lowest BCUT2D eigenvalue weighted by Gasteiger charge is -2.43. The van der Waals surface area contributed by atoms with E-state index >= 15 is 0 Å². The van der Waals surface area contributed by atoms with Crippen molar-refractivity contribution >= 4 is 52.5 Å². The number of likely N-dealkylation sites (tertiary alicyclic amines) is 1. The molecular weight excluding hydrogens is 647 g/mol. The number of anilines is 1. The third-order valence-corrected chi connectivity index (χ3v) is 12.3. The number of amides is 3. The number of benzene rings is 2. The number of carboxylic acids is 1. The third-order valence-electron chi connectivity index (χ3n) is 9.72.